The van der Waals surface area contributed by atoms with E-state index in [1.54, 1.807) is 0 Å². The number of carbonyl (C=O) groups is 1. The summed E-state index contributed by atoms with van der Waals surface area (Å²) < 4.78 is 31.9. The van der Waals surface area contributed by atoms with Crippen LogP contribution in [0.5, 0.6) is 5.75 Å². The Morgan fingerprint density at radius 1 is 1.52 bits per heavy atom. The molecule has 0 spiro atoms. The smallest absolute Gasteiger partial charge is 0.335 e. The van der Waals surface area contributed by atoms with E-state index in [0.717, 1.165) is 12.8 Å². The van der Waals surface area contributed by atoms with Crippen molar-refractivity contribution in [3.8, 4) is 5.75 Å². The molecule has 1 fully saturated rings. The fourth-order valence-electron chi connectivity index (χ4n) is 2.07. The fraction of sp³-hybridized carbons (Fsp3) is 0.357. The first kappa shape index (κ1) is 15.5. The quantitative estimate of drug-likeness (QED) is 0.775. The highest BCUT2D eigenvalue weighted by Gasteiger charge is 2.38. The Balaban J connectivity index is 2.47. The molecule has 0 saturated heterocycles. The predicted octanol–water partition coefficient (Wildman–Crippen LogP) is 1.73. The zero-order valence-electron chi connectivity index (χ0n) is 11.7. The van der Waals surface area contributed by atoms with E-state index in [4.69, 9.17) is 9.84 Å². The van der Waals surface area contributed by atoms with Crippen LogP contribution < -0.4 is 4.74 Å². The Kier molecular flexibility index (Phi) is 4.34. The molecule has 1 saturated carbocycles. The van der Waals surface area contributed by atoms with Crippen LogP contribution in [-0.2, 0) is 10.0 Å². The highest BCUT2D eigenvalue weighted by atomic mass is 32.2. The molecule has 1 aromatic rings. The number of rotatable bonds is 7. The topological polar surface area (TPSA) is 83.9 Å². The molecule has 0 amide bonds. The maximum absolute atomic E-state index is 12.7. The van der Waals surface area contributed by atoms with E-state index in [1.165, 1.54) is 35.7 Å². The third kappa shape index (κ3) is 3.08. The first-order valence-corrected chi connectivity index (χ1v) is 7.90. The largest absolute Gasteiger partial charge is 0.495 e. The minimum atomic E-state index is -3.74. The molecule has 7 heteroatoms. The van der Waals surface area contributed by atoms with Crippen LogP contribution in [0.15, 0.2) is 35.7 Å². The van der Waals surface area contributed by atoms with Gasteiger partial charge < -0.3 is 9.84 Å². The Labute approximate surface area is 123 Å². The van der Waals surface area contributed by atoms with E-state index in [1.807, 2.05) is 0 Å². The molecule has 6 nitrogen and oxygen atoms in total. The Bertz CT molecular complexity index is 664. The van der Waals surface area contributed by atoms with E-state index < -0.39 is 16.0 Å². The molecular weight excluding hydrogens is 294 g/mol. The zero-order valence-corrected chi connectivity index (χ0v) is 12.5. The van der Waals surface area contributed by atoms with Gasteiger partial charge in [-0.05, 0) is 31.0 Å². The lowest BCUT2D eigenvalue weighted by Gasteiger charge is -2.21. The summed E-state index contributed by atoms with van der Waals surface area (Å²) in [6, 6.07) is 3.73. The molecule has 0 aliphatic heterocycles. The second kappa shape index (κ2) is 5.87. The van der Waals surface area contributed by atoms with Crippen LogP contribution in [0.4, 0.5) is 0 Å². The minimum Gasteiger partial charge on any atom is -0.495 e. The van der Waals surface area contributed by atoms with E-state index in [-0.39, 0.29) is 28.8 Å². The van der Waals surface area contributed by atoms with E-state index in [9.17, 15) is 13.2 Å². The molecule has 114 valence electrons. The molecule has 1 N–H and O–H groups in total. The van der Waals surface area contributed by atoms with E-state index in [0.29, 0.717) is 0 Å². The number of aromatic carboxylic acids is 1. The van der Waals surface area contributed by atoms with Gasteiger partial charge in [0.15, 0.2) is 0 Å². The van der Waals surface area contributed by atoms with Crippen LogP contribution >= 0.6 is 0 Å². The number of sulfonamides is 1. The summed E-state index contributed by atoms with van der Waals surface area (Å²) in [6.07, 6.45) is 3.18. The highest BCUT2D eigenvalue weighted by Crippen LogP contribution is 2.35. The molecule has 1 aliphatic carbocycles. The fourth-order valence-corrected chi connectivity index (χ4v) is 3.87. The summed E-state index contributed by atoms with van der Waals surface area (Å²) in [7, 11) is -2.43. The monoisotopic (exact) mass is 311 g/mol. The van der Waals surface area contributed by atoms with Gasteiger partial charge in [0.05, 0.1) is 12.7 Å². The molecular formula is C14H17NO5S. The first-order valence-electron chi connectivity index (χ1n) is 6.46. The minimum absolute atomic E-state index is 0.0168. The SMILES string of the molecule is C=CCN(C1CC1)S(=O)(=O)c1ccc(C(=O)O)cc1OC. The van der Waals surface area contributed by atoms with Crippen molar-refractivity contribution in [2.24, 2.45) is 0 Å². The molecule has 1 aromatic carbocycles. The van der Waals surface area contributed by atoms with Gasteiger partial charge in [0, 0.05) is 12.6 Å². The van der Waals surface area contributed by atoms with Gasteiger partial charge in [0.25, 0.3) is 0 Å². The normalized spacial score (nSPS) is 15.0. The van der Waals surface area contributed by atoms with Crippen molar-refractivity contribution in [2.45, 2.75) is 23.8 Å². The van der Waals surface area contributed by atoms with Crippen molar-refractivity contribution in [3.05, 3.63) is 36.4 Å². The molecule has 0 radical (unpaired) electrons. The van der Waals surface area contributed by atoms with Gasteiger partial charge in [0.2, 0.25) is 10.0 Å². The number of benzene rings is 1. The number of ether oxygens (including phenoxy) is 1. The first-order chi connectivity index (χ1) is 9.91. The summed E-state index contributed by atoms with van der Waals surface area (Å²) in [5.41, 5.74) is -0.0208. The molecule has 0 aromatic heterocycles. The zero-order chi connectivity index (χ0) is 15.6. The average Bonchev–Trinajstić information content (AvgIpc) is 3.28. The predicted molar refractivity (Wildman–Crippen MR) is 77.1 cm³/mol. The number of nitrogens with zero attached hydrogens (tertiary/aromatic N) is 1. The van der Waals surface area contributed by atoms with Crippen molar-refractivity contribution in [1.82, 2.24) is 4.31 Å². The maximum Gasteiger partial charge on any atom is 0.335 e. The molecule has 0 heterocycles. The van der Waals surface area contributed by atoms with Crippen molar-refractivity contribution >= 4 is 16.0 Å². The third-order valence-corrected chi connectivity index (χ3v) is 5.22. The van der Waals surface area contributed by atoms with Crippen LogP contribution in [-0.4, -0.2) is 43.5 Å². The molecule has 1 aliphatic rings. The summed E-state index contributed by atoms with van der Waals surface area (Å²) in [5.74, 6) is -1.10. The molecule has 21 heavy (non-hydrogen) atoms. The summed E-state index contributed by atoms with van der Waals surface area (Å²) in [4.78, 5) is 10.9. The number of carboxylic acid groups (broad SMARTS) is 1. The van der Waals surface area contributed by atoms with Crippen LogP contribution in [0, 0.1) is 0 Å². The van der Waals surface area contributed by atoms with Crippen LogP contribution in [0.3, 0.4) is 0 Å². The maximum atomic E-state index is 12.7. The van der Waals surface area contributed by atoms with E-state index >= 15 is 0 Å². The summed E-state index contributed by atoms with van der Waals surface area (Å²) in [5, 5.41) is 8.96. The Morgan fingerprint density at radius 2 is 2.19 bits per heavy atom. The number of hydrogen-bond donors (Lipinski definition) is 1. The van der Waals surface area contributed by atoms with Gasteiger partial charge in [-0.2, -0.15) is 4.31 Å². The summed E-state index contributed by atoms with van der Waals surface area (Å²) in [6.45, 7) is 3.80. The van der Waals surface area contributed by atoms with Gasteiger partial charge >= 0.3 is 5.97 Å². The molecule has 2 rings (SSSR count). The number of carboxylic acids is 1. The van der Waals surface area contributed by atoms with Gasteiger partial charge in [-0.1, -0.05) is 6.08 Å². The van der Waals surface area contributed by atoms with Crippen LogP contribution in [0.2, 0.25) is 0 Å². The van der Waals surface area contributed by atoms with Crippen molar-refractivity contribution in [1.29, 1.82) is 0 Å². The van der Waals surface area contributed by atoms with Crippen LogP contribution in [0.25, 0.3) is 0 Å². The Morgan fingerprint density at radius 3 is 2.67 bits per heavy atom. The van der Waals surface area contributed by atoms with Gasteiger partial charge in [-0.3, -0.25) is 0 Å². The molecule has 0 atom stereocenters. The number of methoxy groups -OCH3 is 1. The second-order valence-corrected chi connectivity index (χ2v) is 6.62. The van der Waals surface area contributed by atoms with Crippen molar-refractivity contribution in [3.63, 3.8) is 0 Å². The second-order valence-electron chi connectivity index (χ2n) is 4.77. The van der Waals surface area contributed by atoms with Crippen LogP contribution in [0.1, 0.15) is 23.2 Å². The third-order valence-electron chi connectivity index (χ3n) is 3.26. The van der Waals surface area contributed by atoms with Gasteiger partial charge in [-0.15, -0.1) is 6.58 Å². The lowest BCUT2D eigenvalue weighted by molar-refractivity contribution is 0.0696. The molecule has 0 unspecified atom stereocenters. The van der Waals surface area contributed by atoms with Gasteiger partial charge in [0.1, 0.15) is 10.6 Å². The summed E-state index contributed by atoms with van der Waals surface area (Å²) >= 11 is 0. The van der Waals surface area contributed by atoms with Gasteiger partial charge in [-0.25, -0.2) is 13.2 Å². The highest BCUT2D eigenvalue weighted by molar-refractivity contribution is 7.89. The lowest BCUT2D eigenvalue weighted by Crippen LogP contribution is -2.33. The van der Waals surface area contributed by atoms with Crippen molar-refractivity contribution in [2.75, 3.05) is 13.7 Å². The van der Waals surface area contributed by atoms with Crippen molar-refractivity contribution < 1.29 is 23.1 Å². The standard InChI is InChI=1S/C14H17NO5S/c1-3-8-15(11-5-6-11)21(18,19)13-7-4-10(14(16)17)9-12(13)20-2/h3-4,7,9,11H,1,5-6,8H2,2H3,(H,16,17). The average molecular weight is 311 g/mol. The number of hydrogen-bond acceptors (Lipinski definition) is 4. The molecule has 0 bridgehead atoms. The lowest BCUT2D eigenvalue weighted by atomic mass is 10.2. The van der Waals surface area contributed by atoms with E-state index in [2.05, 4.69) is 6.58 Å². The Hall–Kier alpha value is -1.86.